The van der Waals surface area contributed by atoms with Gasteiger partial charge in [-0.3, -0.25) is 4.79 Å². The fourth-order valence-electron chi connectivity index (χ4n) is 1.38. The van der Waals surface area contributed by atoms with Crippen LogP contribution < -0.4 is 9.47 Å². The van der Waals surface area contributed by atoms with Gasteiger partial charge in [-0.25, -0.2) is 0 Å². The number of Topliss-reactive ketones (excluding diaryl/α,β-unsaturated/α-hetero) is 1. The topological polar surface area (TPSA) is 35.5 Å². The SMILES string of the molecule is CCCOc1ccc(C(C)=O)cc1OCCC. The molecule has 0 fully saturated rings. The van der Waals surface area contributed by atoms with Crippen molar-refractivity contribution in [3.63, 3.8) is 0 Å². The van der Waals surface area contributed by atoms with Gasteiger partial charge in [-0.2, -0.15) is 0 Å². The van der Waals surface area contributed by atoms with E-state index in [0.29, 0.717) is 30.3 Å². The molecule has 1 rings (SSSR count). The monoisotopic (exact) mass is 236 g/mol. The summed E-state index contributed by atoms with van der Waals surface area (Å²) in [6.07, 6.45) is 1.87. The summed E-state index contributed by atoms with van der Waals surface area (Å²) in [7, 11) is 0. The minimum Gasteiger partial charge on any atom is -0.490 e. The average molecular weight is 236 g/mol. The van der Waals surface area contributed by atoms with Crippen LogP contribution in [-0.4, -0.2) is 19.0 Å². The summed E-state index contributed by atoms with van der Waals surface area (Å²) >= 11 is 0. The van der Waals surface area contributed by atoms with Gasteiger partial charge in [-0.1, -0.05) is 13.8 Å². The van der Waals surface area contributed by atoms with E-state index >= 15 is 0 Å². The third kappa shape index (κ3) is 4.10. The quantitative estimate of drug-likeness (QED) is 0.680. The Bertz CT molecular complexity index is 372. The van der Waals surface area contributed by atoms with Crippen molar-refractivity contribution in [3.05, 3.63) is 23.8 Å². The maximum atomic E-state index is 11.3. The van der Waals surface area contributed by atoms with Crippen molar-refractivity contribution in [1.29, 1.82) is 0 Å². The maximum Gasteiger partial charge on any atom is 0.161 e. The number of ether oxygens (including phenoxy) is 2. The largest absolute Gasteiger partial charge is 0.490 e. The van der Waals surface area contributed by atoms with Crippen molar-refractivity contribution >= 4 is 5.78 Å². The molecular formula is C14H20O3. The second-order valence-corrected chi connectivity index (χ2v) is 3.91. The van der Waals surface area contributed by atoms with Gasteiger partial charge in [0.15, 0.2) is 17.3 Å². The summed E-state index contributed by atoms with van der Waals surface area (Å²) in [5.41, 5.74) is 0.653. The van der Waals surface area contributed by atoms with E-state index in [4.69, 9.17) is 9.47 Å². The molecule has 0 aliphatic carbocycles. The maximum absolute atomic E-state index is 11.3. The van der Waals surface area contributed by atoms with E-state index in [2.05, 4.69) is 6.92 Å². The van der Waals surface area contributed by atoms with Crippen LogP contribution in [0.4, 0.5) is 0 Å². The minimum absolute atomic E-state index is 0.0355. The van der Waals surface area contributed by atoms with Gasteiger partial charge in [0.1, 0.15) is 0 Å². The standard InChI is InChI=1S/C14H20O3/c1-4-8-16-13-7-6-12(11(3)15)10-14(13)17-9-5-2/h6-7,10H,4-5,8-9H2,1-3H3. The number of carbonyl (C=O) groups is 1. The first-order valence-electron chi connectivity index (χ1n) is 6.09. The van der Waals surface area contributed by atoms with Gasteiger partial charge in [0.05, 0.1) is 13.2 Å². The second-order valence-electron chi connectivity index (χ2n) is 3.91. The molecule has 0 bridgehead atoms. The van der Waals surface area contributed by atoms with E-state index in [-0.39, 0.29) is 5.78 Å². The highest BCUT2D eigenvalue weighted by molar-refractivity contribution is 5.94. The molecule has 94 valence electrons. The third-order valence-electron chi connectivity index (χ3n) is 2.27. The molecule has 0 amide bonds. The number of ketones is 1. The smallest absolute Gasteiger partial charge is 0.161 e. The molecule has 17 heavy (non-hydrogen) atoms. The number of rotatable bonds is 7. The molecule has 0 aromatic heterocycles. The lowest BCUT2D eigenvalue weighted by molar-refractivity contribution is 0.101. The highest BCUT2D eigenvalue weighted by Gasteiger charge is 2.08. The van der Waals surface area contributed by atoms with Crippen LogP contribution in [-0.2, 0) is 0 Å². The zero-order valence-corrected chi connectivity index (χ0v) is 10.8. The van der Waals surface area contributed by atoms with Crippen molar-refractivity contribution in [2.45, 2.75) is 33.6 Å². The number of carbonyl (C=O) groups excluding carboxylic acids is 1. The third-order valence-corrected chi connectivity index (χ3v) is 2.27. The fourth-order valence-corrected chi connectivity index (χ4v) is 1.38. The Morgan fingerprint density at radius 1 is 1.06 bits per heavy atom. The van der Waals surface area contributed by atoms with Crippen LogP contribution in [0.1, 0.15) is 44.0 Å². The molecule has 1 aromatic rings. The van der Waals surface area contributed by atoms with Crippen molar-refractivity contribution in [2.75, 3.05) is 13.2 Å². The fraction of sp³-hybridized carbons (Fsp3) is 0.500. The predicted molar refractivity (Wildman–Crippen MR) is 68.0 cm³/mol. The Morgan fingerprint density at radius 2 is 1.65 bits per heavy atom. The summed E-state index contributed by atoms with van der Waals surface area (Å²) in [5.74, 6) is 1.41. The van der Waals surface area contributed by atoms with Crippen LogP contribution in [0, 0.1) is 0 Å². The number of hydrogen-bond donors (Lipinski definition) is 0. The van der Waals surface area contributed by atoms with Crippen LogP contribution in [0.3, 0.4) is 0 Å². The van der Waals surface area contributed by atoms with Gasteiger partial charge in [0, 0.05) is 5.56 Å². The molecule has 3 heteroatoms. The molecular weight excluding hydrogens is 216 g/mol. The van der Waals surface area contributed by atoms with Crippen molar-refractivity contribution < 1.29 is 14.3 Å². The van der Waals surface area contributed by atoms with E-state index in [0.717, 1.165) is 12.8 Å². The molecule has 1 aromatic carbocycles. The van der Waals surface area contributed by atoms with Crippen LogP contribution in [0.2, 0.25) is 0 Å². The van der Waals surface area contributed by atoms with Crippen LogP contribution in [0.15, 0.2) is 18.2 Å². The summed E-state index contributed by atoms with van der Waals surface area (Å²) in [6.45, 7) is 6.93. The first kappa shape index (κ1) is 13.6. The Balaban J connectivity index is 2.90. The second kappa shape index (κ2) is 6.94. The van der Waals surface area contributed by atoms with Gasteiger partial charge >= 0.3 is 0 Å². The van der Waals surface area contributed by atoms with E-state index in [1.54, 1.807) is 25.1 Å². The lowest BCUT2D eigenvalue weighted by Crippen LogP contribution is -2.03. The zero-order valence-electron chi connectivity index (χ0n) is 10.8. The molecule has 0 saturated heterocycles. The Labute approximate surface area is 103 Å². The van der Waals surface area contributed by atoms with Crippen LogP contribution >= 0.6 is 0 Å². The lowest BCUT2D eigenvalue weighted by Gasteiger charge is -2.12. The van der Waals surface area contributed by atoms with Crippen LogP contribution in [0.25, 0.3) is 0 Å². The summed E-state index contributed by atoms with van der Waals surface area (Å²) in [5, 5.41) is 0. The minimum atomic E-state index is 0.0355. The zero-order chi connectivity index (χ0) is 12.7. The molecule has 0 radical (unpaired) electrons. The van der Waals surface area contributed by atoms with Gasteiger partial charge in [-0.05, 0) is 38.0 Å². The summed E-state index contributed by atoms with van der Waals surface area (Å²) in [4.78, 5) is 11.3. The van der Waals surface area contributed by atoms with E-state index in [9.17, 15) is 4.79 Å². The molecule has 3 nitrogen and oxygen atoms in total. The highest BCUT2D eigenvalue weighted by Crippen LogP contribution is 2.29. The van der Waals surface area contributed by atoms with Crippen molar-refractivity contribution in [2.24, 2.45) is 0 Å². The van der Waals surface area contributed by atoms with Gasteiger partial charge in [-0.15, -0.1) is 0 Å². The first-order chi connectivity index (χ1) is 8.19. The summed E-state index contributed by atoms with van der Waals surface area (Å²) in [6, 6.07) is 5.33. The van der Waals surface area contributed by atoms with E-state index in [1.165, 1.54) is 0 Å². The van der Waals surface area contributed by atoms with Gasteiger partial charge < -0.3 is 9.47 Å². The molecule has 0 N–H and O–H groups in total. The van der Waals surface area contributed by atoms with Crippen molar-refractivity contribution in [1.82, 2.24) is 0 Å². The number of benzene rings is 1. The Hall–Kier alpha value is -1.51. The van der Waals surface area contributed by atoms with Gasteiger partial charge in [0.2, 0.25) is 0 Å². The number of hydrogen-bond acceptors (Lipinski definition) is 3. The molecule has 0 aliphatic heterocycles. The molecule has 0 atom stereocenters. The van der Waals surface area contributed by atoms with E-state index < -0.39 is 0 Å². The molecule has 0 spiro atoms. The molecule has 0 heterocycles. The van der Waals surface area contributed by atoms with Crippen LogP contribution in [0.5, 0.6) is 11.5 Å². The van der Waals surface area contributed by atoms with Crippen molar-refractivity contribution in [3.8, 4) is 11.5 Å². The Morgan fingerprint density at radius 3 is 2.18 bits per heavy atom. The lowest BCUT2D eigenvalue weighted by atomic mass is 10.1. The Kier molecular flexibility index (Phi) is 5.53. The molecule has 0 saturated carbocycles. The normalized spacial score (nSPS) is 10.1. The highest BCUT2D eigenvalue weighted by atomic mass is 16.5. The molecule has 0 aliphatic rings. The average Bonchev–Trinajstić information content (AvgIpc) is 2.34. The van der Waals surface area contributed by atoms with E-state index in [1.807, 2.05) is 6.92 Å². The summed E-state index contributed by atoms with van der Waals surface area (Å²) < 4.78 is 11.2. The first-order valence-corrected chi connectivity index (χ1v) is 6.09. The predicted octanol–water partition coefficient (Wildman–Crippen LogP) is 3.47. The van der Waals surface area contributed by atoms with Gasteiger partial charge in [0.25, 0.3) is 0 Å². The molecule has 0 unspecified atom stereocenters.